The van der Waals surface area contributed by atoms with Gasteiger partial charge in [-0.05, 0) is 31.9 Å². The maximum absolute atomic E-state index is 8.94. The highest BCUT2D eigenvalue weighted by molar-refractivity contribution is 5.14. The fraction of sp³-hybridized carbons (Fsp3) is 0.455. The fourth-order valence-electron chi connectivity index (χ4n) is 1.25. The van der Waals surface area contributed by atoms with Crippen molar-refractivity contribution in [3.8, 4) is 0 Å². The number of aliphatic hydroxyl groups excluding tert-OH is 1. The van der Waals surface area contributed by atoms with Crippen LogP contribution in [-0.4, -0.2) is 17.9 Å². The van der Waals surface area contributed by atoms with Gasteiger partial charge in [-0.1, -0.05) is 30.3 Å². The van der Waals surface area contributed by atoms with Gasteiger partial charge in [0.2, 0.25) is 0 Å². The van der Waals surface area contributed by atoms with Crippen molar-refractivity contribution < 1.29 is 5.11 Å². The second kappa shape index (κ2) is 5.73. The molecular weight excluding hydrogens is 162 g/mol. The molecule has 1 atom stereocenters. The van der Waals surface area contributed by atoms with Crippen LogP contribution in [0.2, 0.25) is 0 Å². The Labute approximate surface area is 79.6 Å². The molecule has 0 aliphatic carbocycles. The van der Waals surface area contributed by atoms with Gasteiger partial charge < -0.3 is 5.11 Å². The molecule has 0 heterocycles. The number of aryl methyl sites for hydroxylation is 1. The monoisotopic (exact) mass is 179 g/mol. The molecule has 72 valence electrons. The molecule has 0 aromatic heterocycles. The third kappa shape index (κ3) is 4.65. The van der Waals surface area contributed by atoms with E-state index in [1.165, 1.54) is 5.56 Å². The Bertz CT molecular complexity index is 221. The summed E-state index contributed by atoms with van der Waals surface area (Å²) in [5.41, 5.74) is 1.36. The van der Waals surface area contributed by atoms with Gasteiger partial charge in [0.15, 0.2) is 0 Å². The van der Waals surface area contributed by atoms with Crippen molar-refractivity contribution in [3.05, 3.63) is 35.9 Å². The highest BCUT2D eigenvalue weighted by Crippen LogP contribution is 2.01. The third-order valence-corrected chi connectivity index (χ3v) is 1.92. The van der Waals surface area contributed by atoms with E-state index in [1.807, 2.05) is 6.07 Å². The summed E-state index contributed by atoms with van der Waals surface area (Å²) < 4.78 is 0. The van der Waals surface area contributed by atoms with Crippen molar-refractivity contribution in [2.75, 3.05) is 6.54 Å². The zero-order valence-corrected chi connectivity index (χ0v) is 8.03. The van der Waals surface area contributed by atoms with Crippen LogP contribution in [0.5, 0.6) is 0 Å². The molecule has 0 aliphatic heterocycles. The van der Waals surface area contributed by atoms with Crippen molar-refractivity contribution in [3.63, 3.8) is 0 Å². The summed E-state index contributed by atoms with van der Waals surface area (Å²) in [5.74, 6) is 0. The lowest BCUT2D eigenvalue weighted by molar-refractivity contribution is 0.156. The number of benzene rings is 1. The number of hydrogen-bond acceptors (Lipinski definition) is 2. The molecule has 0 bridgehead atoms. The van der Waals surface area contributed by atoms with Gasteiger partial charge in [0.05, 0.1) is 0 Å². The summed E-state index contributed by atoms with van der Waals surface area (Å²) in [4.78, 5) is 0. The van der Waals surface area contributed by atoms with E-state index in [-0.39, 0.29) is 0 Å². The van der Waals surface area contributed by atoms with Crippen LogP contribution in [0.1, 0.15) is 18.9 Å². The van der Waals surface area contributed by atoms with Gasteiger partial charge in [-0.3, -0.25) is 5.32 Å². The van der Waals surface area contributed by atoms with Crippen LogP contribution < -0.4 is 5.32 Å². The van der Waals surface area contributed by atoms with Crippen molar-refractivity contribution in [2.24, 2.45) is 0 Å². The topological polar surface area (TPSA) is 32.3 Å². The maximum Gasteiger partial charge on any atom is 0.102 e. The van der Waals surface area contributed by atoms with E-state index in [0.717, 1.165) is 19.4 Å². The largest absolute Gasteiger partial charge is 0.379 e. The van der Waals surface area contributed by atoms with E-state index in [9.17, 15) is 0 Å². The third-order valence-electron chi connectivity index (χ3n) is 1.92. The van der Waals surface area contributed by atoms with Crippen LogP contribution in [0.4, 0.5) is 0 Å². The Hall–Kier alpha value is -0.860. The lowest BCUT2D eigenvalue weighted by Crippen LogP contribution is -2.26. The van der Waals surface area contributed by atoms with Crippen LogP contribution in [0.25, 0.3) is 0 Å². The quantitative estimate of drug-likeness (QED) is 0.531. The molecule has 0 fully saturated rings. The Morgan fingerprint density at radius 2 is 2.00 bits per heavy atom. The average Bonchev–Trinajstić information content (AvgIpc) is 2.14. The molecule has 13 heavy (non-hydrogen) atoms. The van der Waals surface area contributed by atoms with E-state index in [2.05, 4.69) is 29.6 Å². The van der Waals surface area contributed by atoms with E-state index >= 15 is 0 Å². The minimum absolute atomic E-state index is 0.393. The molecule has 2 N–H and O–H groups in total. The summed E-state index contributed by atoms with van der Waals surface area (Å²) in [6.45, 7) is 2.61. The van der Waals surface area contributed by atoms with Crippen LogP contribution in [-0.2, 0) is 6.42 Å². The summed E-state index contributed by atoms with van der Waals surface area (Å²) in [6, 6.07) is 10.4. The standard InChI is InChI=1S/C11H17NO/c1-10(13)12-9-5-8-11-6-3-2-4-7-11/h2-4,6-7,10,12-13H,5,8-9H2,1H3. The first-order valence-corrected chi connectivity index (χ1v) is 4.74. The van der Waals surface area contributed by atoms with Gasteiger partial charge in [0, 0.05) is 0 Å². The maximum atomic E-state index is 8.94. The van der Waals surface area contributed by atoms with Gasteiger partial charge in [-0.15, -0.1) is 0 Å². The lowest BCUT2D eigenvalue weighted by atomic mass is 10.1. The summed E-state index contributed by atoms with van der Waals surface area (Å²) in [5, 5.41) is 11.9. The normalized spacial score (nSPS) is 12.8. The van der Waals surface area contributed by atoms with Gasteiger partial charge in [0.1, 0.15) is 6.23 Å². The molecule has 0 amide bonds. The molecule has 0 saturated carbocycles. The minimum atomic E-state index is -0.393. The molecule has 1 unspecified atom stereocenters. The Morgan fingerprint density at radius 1 is 1.31 bits per heavy atom. The predicted octanol–water partition coefficient (Wildman–Crippen LogP) is 1.55. The number of hydrogen-bond donors (Lipinski definition) is 2. The van der Waals surface area contributed by atoms with E-state index in [1.54, 1.807) is 6.92 Å². The second-order valence-electron chi connectivity index (χ2n) is 3.22. The molecule has 0 aliphatic rings. The van der Waals surface area contributed by atoms with Crippen LogP contribution in [0.15, 0.2) is 30.3 Å². The summed E-state index contributed by atoms with van der Waals surface area (Å²) in [6.07, 6.45) is 1.74. The van der Waals surface area contributed by atoms with Crippen molar-refractivity contribution in [1.29, 1.82) is 0 Å². The molecule has 1 aromatic carbocycles. The zero-order valence-electron chi connectivity index (χ0n) is 8.03. The summed E-state index contributed by atoms with van der Waals surface area (Å²) >= 11 is 0. The first kappa shape index (κ1) is 10.2. The number of rotatable bonds is 5. The molecule has 0 spiro atoms. The highest BCUT2D eigenvalue weighted by Gasteiger charge is 1.94. The SMILES string of the molecule is CC(O)NCCCc1ccccc1. The Kier molecular flexibility index (Phi) is 4.50. The van der Waals surface area contributed by atoms with E-state index < -0.39 is 6.23 Å². The molecule has 2 heteroatoms. The second-order valence-corrected chi connectivity index (χ2v) is 3.22. The smallest absolute Gasteiger partial charge is 0.102 e. The Morgan fingerprint density at radius 3 is 2.62 bits per heavy atom. The van der Waals surface area contributed by atoms with Crippen LogP contribution in [0, 0.1) is 0 Å². The van der Waals surface area contributed by atoms with Crippen molar-refractivity contribution >= 4 is 0 Å². The van der Waals surface area contributed by atoms with Gasteiger partial charge >= 0.3 is 0 Å². The molecular formula is C11H17NO. The highest BCUT2D eigenvalue weighted by atomic mass is 16.3. The van der Waals surface area contributed by atoms with Crippen molar-refractivity contribution in [1.82, 2.24) is 5.32 Å². The molecule has 1 aromatic rings. The number of aliphatic hydroxyl groups is 1. The first-order chi connectivity index (χ1) is 6.29. The van der Waals surface area contributed by atoms with E-state index in [4.69, 9.17) is 5.11 Å². The average molecular weight is 179 g/mol. The predicted molar refractivity (Wildman–Crippen MR) is 54.4 cm³/mol. The number of nitrogens with one attached hydrogen (secondary N) is 1. The molecule has 0 saturated heterocycles. The van der Waals surface area contributed by atoms with Crippen molar-refractivity contribution in [2.45, 2.75) is 26.0 Å². The van der Waals surface area contributed by atoms with Gasteiger partial charge in [0.25, 0.3) is 0 Å². The molecule has 1 rings (SSSR count). The van der Waals surface area contributed by atoms with Crippen LogP contribution in [0.3, 0.4) is 0 Å². The zero-order chi connectivity index (χ0) is 9.52. The van der Waals surface area contributed by atoms with Crippen LogP contribution >= 0.6 is 0 Å². The molecule has 0 radical (unpaired) electrons. The summed E-state index contributed by atoms with van der Waals surface area (Å²) in [7, 11) is 0. The first-order valence-electron chi connectivity index (χ1n) is 4.74. The van der Waals surface area contributed by atoms with Gasteiger partial charge in [-0.2, -0.15) is 0 Å². The van der Waals surface area contributed by atoms with E-state index in [0.29, 0.717) is 0 Å². The lowest BCUT2D eigenvalue weighted by Gasteiger charge is -2.06. The van der Waals surface area contributed by atoms with Gasteiger partial charge in [-0.25, -0.2) is 0 Å². The molecule has 2 nitrogen and oxygen atoms in total. The fourth-order valence-corrected chi connectivity index (χ4v) is 1.25. The minimum Gasteiger partial charge on any atom is -0.379 e. The Balaban J connectivity index is 2.13.